The van der Waals surface area contributed by atoms with E-state index >= 15 is 0 Å². The molecule has 1 atom stereocenters. The van der Waals surface area contributed by atoms with Gasteiger partial charge in [-0.1, -0.05) is 221 Å². The van der Waals surface area contributed by atoms with Crippen molar-refractivity contribution in [3.63, 3.8) is 0 Å². The summed E-state index contributed by atoms with van der Waals surface area (Å²) >= 11 is 0. The van der Waals surface area contributed by atoms with E-state index in [0.29, 0.717) is 19.3 Å². The molecule has 66 heavy (non-hydrogen) atoms. The van der Waals surface area contributed by atoms with E-state index < -0.39 is 6.10 Å². The predicted octanol–water partition coefficient (Wildman–Crippen LogP) is 18.4. The highest BCUT2D eigenvalue weighted by Gasteiger charge is 2.19. The van der Waals surface area contributed by atoms with Gasteiger partial charge < -0.3 is 14.2 Å². The number of esters is 3. The second-order valence-electron chi connectivity index (χ2n) is 18.1. The molecular weight excluding hydrogens is 817 g/mol. The zero-order valence-electron chi connectivity index (χ0n) is 43.2. The second-order valence-corrected chi connectivity index (χ2v) is 18.1. The third-order valence-corrected chi connectivity index (χ3v) is 11.6. The third kappa shape index (κ3) is 51.6. The number of carbonyl (C=O) groups is 3. The lowest BCUT2D eigenvalue weighted by Gasteiger charge is -2.18. The predicted molar refractivity (Wildman–Crippen MR) is 284 cm³/mol. The van der Waals surface area contributed by atoms with Crippen LogP contribution in [0.25, 0.3) is 0 Å². The SMILES string of the molecule is CC/C=C\C/C=C\C/C=C\C/C=C\CCCCCCCCCCCCCCC(=O)OCC(COC(=O)CCCCCCC/C=C\CCC)OC(=O)CCCCCCC/C=C\C/C=C\CCC. The minimum absolute atomic E-state index is 0.0856. The van der Waals surface area contributed by atoms with Crippen molar-refractivity contribution in [3.8, 4) is 0 Å². The topological polar surface area (TPSA) is 78.9 Å². The van der Waals surface area contributed by atoms with Crippen LogP contribution in [0.4, 0.5) is 0 Å². The Kier molecular flexibility index (Phi) is 51.4. The van der Waals surface area contributed by atoms with Gasteiger partial charge in [0.2, 0.25) is 0 Å². The molecule has 0 aliphatic heterocycles. The largest absolute Gasteiger partial charge is 0.462 e. The lowest BCUT2D eigenvalue weighted by molar-refractivity contribution is -0.167. The molecule has 0 fully saturated rings. The molecular formula is C60H102O6. The number of unbranched alkanes of at least 4 members (excludes halogenated alkanes) is 24. The molecule has 0 amide bonds. The van der Waals surface area contributed by atoms with Crippen LogP contribution in [0.15, 0.2) is 85.1 Å². The highest BCUT2D eigenvalue weighted by Crippen LogP contribution is 2.15. The molecule has 0 rings (SSSR count). The molecule has 1 unspecified atom stereocenters. The van der Waals surface area contributed by atoms with Crippen molar-refractivity contribution in [2.75, 3.05) is 13.2 Å². The van der Waals surface area contributed by atoms with Gasteiger partial charge in [-0.05, 0) is 103 Å². The molecule has 0 aromatic heterocycles. The summed E-state index contributed by atoms with van der Waals surface area (Å²) in [6.07, 6.45) is 70.1. The quantitative estimate of drug-likeness (QED) is 0.0262. The van der Waals surface area contributed by atoms with E-state index in [0.717, 1.165) is 128 Å². The summed E-state index contributed by atoms with van der Waals surface area (Å²) in [6, 6.07) is 0. The Balaban J connectivity index is 4.23. The van der Waals surface area contributed by atoms with Crippen molar-refractivity contribution in [2.24, 2.45) is 0 Å². The molecule has 0 aliphatic rings. The van der Waals surface area contributed by atoms with Gasteiger partial charge in [-0.15, -0.1) is 0 Å². The van der Waals surface area contributed by atoms with Crippen LogP contribution in [0.3, 0.4) is 0 Å². The summed E-state index contributed by atoms with van der Waals surface area (Å²) in [5.74, 6) is -0.912. The third-order valence-electron chi connectivity index (χ3n) is 11.6. The molecule has 6 heteroatoms. The van der Waals surface area contributed by atoms with Crippen molar-refractivity contribution in [1.82, 2.24) is 0 Å². The summed E-state index contributed by atoms with van der Waals surface area (Å²) in [5.41, 5.74) is 0. The maximum absolute atomic E-state index is 12.8. The van der Waals surface area contributed by atoms with Crippen LogP contribution in [-0.4, -0.2) is 37.2 Å². The zero-order chi connectivity index (χ0) is 47.9. The summed E-state index contributed by atoms with van der Waals surface area (Å²) in [4.78, 5) is 38.0. The first-order valence-electron chi connectivity index (χ1n) is 27.6. The first kappa shape index (κ1) is 62.6. The van der Waals surface area contributed by atoms with Gasteiger partial charge in [0.15, 0.2) is 6.10 Å². The van der Waals surface area contributed by atoms with Gasteiger partial charge in [-0.25, -0.2) is 0 Å². The molecule has 0 aliphatic carbocycles. The normalized spacial score (nSPS) is 12.7. The highest BCUT2D eigenvalue weighted by molar-refractivity contribution is 5.71. The molecule has 0 aromatic carbocycles. The Morgan fingerprint density at radius 3 is 0.955 bits per heavy atom. The summed E-state index contributed by atoms with van der Waals surface area (Å²) < 4.78 is 16.8. The Morgan fingerprint density at radius 2 is 0.591 bits per heavy atom. The molecule has 0 radical (unpaired) electrons. The fraction of sp³-hybridized carbons (Fsp3) is 0.717. The molecule has 0 aromatic rings. The minimum atomic E-state index is -0.786. The number of rotatable bonds is 49. The maximum atomic E-state index is 12.8. The Bertz CT molecular complexity index is 1290. The van der Waals surface area contributed by atoms with E-state index in [4.69, 9.17) is 14.2 Å². The molecule has 0 spiro atoms. The van der Waals surface area contributed by atoms with Crippen LogP contribution in [0, 0.1) is 0 Å². The van der Waals surface area contributed by atoms with Crippen molar-refractivity contribution < 1.29 is 28.6 Å². The van der Waals surface area contributed by atoms with Crippen molar-refractivity contribution >= 4 is 17.9 Å². The molecule has 0 saturated heterocycles. The molecule has 0 N–H and O–H groups in total. The van der Waals surface area contributed by atoms with Crippen LogP contribution >= 0.6 is 0 Å². The second kappa shape index (κ2) is 54.2. The monoisotopic (exact) mass is 919 g/mol. The fourth-order valence-electron chi connectivity index (χ4n) is 7.47. The summed E-state index contributed by atoms with van der Waals surface area (Å²) in [7, 11) is 0. The molecule has 6 nitrogen and oxygen atoms in total. The van der Waals surface area contributed by atoms with Crippen LogP contribution in [0.2, 0.25) is 0 Å². The van der Waals surface area contributed by atoms with E-state index in [1.54, 1.807) is 0 Å². The summed E-state index contributed by atoms with van der Waals surface area (Å²) in [5, 5.41) is 0. The zero-order valence-corrected chi connectivity index (χ0v) is 43.2. The average molecular weight is 919 g/mol. The van der Waals surface area contributed by atoms with Gasteiger partial charge in [0.25, 0.3) is 0 Å². The van der Waals surface area contributed by atoms with Gasteiger partial charge in [0.1, 0.15) is 13.2 Å². The van der Waals surface area contributed by atoms with E-state index in [-0.39, 0.29) is 31.1 Å². The van der Waals surface area contributed by atoms with Crippen LogP contribution in [-0.2, 0) is 28.6 Å². The fourth-order valence-corrected chi connectivity index (χ4v) is 7.47. The van der Waals surface area contributed by atoms with E-state index in [1.807, 2.05) is 0 Å². The van der Waals surface area contributed by atoms with Crippen molar-refractivity contribution in [2.45, 2.75) is 264 Å². The Hall–Kier alpha value is -3.41. The Labute approximate surface area is 407 Å². The van der Waals surface area contributed by atoms with Crippen LogP contribution in [0.1, 0.15) is 258 Å². The number of ether oxygens (including phenoxy) is 3. The molecule has 0 bridgehead atoms. The smallest absolute Gasteiger partial charge is 0.306 e. The van der Waals surface area contributed by atoms with Gasteiger partial charge >= 0.3 is 17.9 Å². The average Bonchev–Trinajstić information content (AvgIpc) is 3.31. The minimum Gasteiger partial charge on any atom is -0.462 e. The standard InChI is InChI=1S/C60H102O6/c1-4-7-10-13-16-19-22-24-25-26-27-28-29-30-31-32-33-34-35-37-38-41-44-47-50-53-59(62)65-56-57(55-64-58(61)52-49-46-43-40-21-18-15-12-9-6-3)66-60(63)54-51-48-45-42-39-36-23-20-17-14-11-8-5-2/h7,10-12,14-16,19-20,23-25,27-28,57H,4-6,8-9,13,17-18,21-22,26,29-56H2,1-3H3/b10-7-,14-11-,15-12-,19-16-,23-20-,25-24-,28-27-. The summed E-state index contributed by atoms with van der Waals surface area (Å²) in [6.45, 7) is 6.38. The van der Waals surface area contributed by atoms with Gasteiger partial charge in [-0.2, -0.15) is 0 Å². The lowest BCUT2D eigenvalue weighted by atomic mass is 10.0. The first-order valence-corrected chi connectivity index (χ1v) is 27.6. The van der Waals surface area contributed by atoms with E-state index in [2.05, 4.69) is 106 Å². The molecule has 0 saturated carbocycles. The van der Waals surface area contributed by atoms with Crippen LogP contribution < -0.4 is 0 Å². The first-order chi connectivity index (χ1) is 32.5. The molecule has 0 heterocycles. The van der Waals surface area contributed by atoms with Gasteiger partial charge in [-0.3, -0.25) is 14.4 Å². The number of allylic oxidation sites excluding steroid dienone is 14. The number of carbonyl (C=O) groups excluding carboxylic acids is 3. The number of hydrogen-bond acceptors (Lipinski definition) is 6. The number of hydrogen-bond donors (Lipinski definition) is 0. The van der Waals surface area contributed by atoms with Gasteiger partial charge in [0.05, 0.1) is 0 Å². The van der Waals surface area contributed by atoms with Gasteiger partial charge in [0, 0.05) is 19.3 Å². The van der Waals surface area contributed by atoms with Crippen molar-refractivity contribution in [1.29, 1.82) is 0 Å². The highest BCUT2D eigenvalue weighted by atomic mass is 16.6. The lowest BCUT2D eigenvalue weighted by Crippen LogP contribution is -2.30. The Morgan fingerprint density at radius 1 is 0.318 bits per heavy atom. The van der Waals surface area contributed by atoms with Crippen molar-refractivity contribution in [3.05, 3.63) is 85.1 Å². The van der Waals surface area contributed by atoms with E-state index in [1.165, 1.54) is 89.9 Å². The molecule has 378 valence electrons. The van der Waals surface area contributed by atoms with Crippen LogP contribution in [0.5, 0.6) is 0 Å². The maximum Gasteiger partial charge on any atom is 0.306 e. The van der Waals surface area contributed by atoms with E-state index in [9.17, 15) is 14.4 Å².